The molecule has 1 saturated heterocycles. The van der Waals surface area contributed by atoms with E-state index in [-0.39, 0.29) is 18.2 Å². The molecule has 1 fully saturated rings. The van der Waals surface area contributed by atoms with Crippen molar-refractivity contribution < 1.29 is 9.53 Å². The molecular weight excluding hydrogens is 366 g/mol. The SMILES string of the molecule is CC1CN(C(=O)Nc2ccnc(Cn3cccn3)c2)CCC(c2ccccc2)O1. The third kappa shape index (κ3) is 5.00. The number of pyridine rings is 1. The molecule has 1 N–H and O–H groups in total. The molecule has 2 amide bonds. The second-order valence-electron chi connectivity index (χ2n) is 7.25. The van der Waals surface area contributed by atoms with Crippen LogP contribution in [0.25, 0.3) is 0 Å². The number of rotatable bonds is 4. The third-order valence-electron chi connectivity index (χ3n) is 4.94. The van der Waals surface area contributed by atoms with E-state index in [4.69, 9.17) is 4.74 Å². The number of hydrogen-bond acceptors (Lipinski definition) is 4. The van der Waals surface area contributed by atoms with Crippen LogP contribution in [0.4, 0.5) is 10.5 Å². The third-order valence-corrected chi connectivity index (χ3v) is 4.94. The highest BCUT2D eigenvalue weighted by Crippen LogP contribution is 2.26. The van der Waals surface area contributed by atoms with E-state index < -0.39 is 0 Å². The molecule has 2 atom stereocenters. The van der Waals surface area contributed by atoms with Gasteiger partial charge in [0.05, 0.1) is 24.4 Å². The Bertz CT molecular complexity index is 929. The van der Waals surface area contributed by atoms with Gasteiger partial charge in [0.1, 0.15) is 0 Å². The Labute approximate surface area is 170 Å². The maximum absolute atomic E-state index is 12.9. The summed E-state index contributed by atoms with van der Waals surface area (Å²) >= 11 is 0. The van der Waals surface area contributed by atoms with Crippen molar-refractivity contribution >= 4 is 11.7 Å². The molecule has 7 heteroatoms. The van der Waals surface area contributed by atoms with Crippen LogP contribution in [0, 0.1) is 0 Å². The lowest BCUT2D eigenvalue weighted by molar-refractivity contribution is 0.00442. The van der Waals surface area contributed by atoms with Gasteiger partial charge in [-0.2, -0.15) is 5.10 Å². The predicted molar refractivity (Wildman–Crippen MR) is 111 cm³/mol. The second kappa shape index (κ2) is 8.87. The summed E-state index contributed by atoms with van der Waals surface area (Å²) in [5.74, 6) is 0. The summed E-state index contributed by atoms with van der Waals surface area (Å²) in [5, 5.41) is 7.19. The summed E-state index contributed by atoms with van der Waals surface area (Å²) < 4.78 is 7.96. The number of carbonyl (C=O) groups is 1. The van der Waals surface area contributed by atoms with Gasteiger partial charge in [-0.15, -0.1) is 0 Å². The van der Waals surface area contributed by atoms with Crippen LogP contribution in [-0.2, 0) is 11.3 Å². The van der Waals surface area contributed by atoms with Crippen LogP contribution < -0.4 is 5.32 Å². The Morgan fingerprint density at radius 3 is 2.86 bits per heavy atom. The average Bonchev–Trinajstić information content (AvgIpc) is 3.15. The highest BCUT2D eigenvalue weighted by molar-refractivity contribution is 5.89. The van der Waals surface area contributed by atoms with Crippen molar-refractivity contribution in [2.45, 2.75) is 32.1 Å². The minimum atomic E-state index is -0.120. The number of nitrogens with zero attached hydrogens (tertiary/aromatic N) is 4. The summed E-state index contributed by atoms with van der Waals surface area (Å²) in [6.07, 6.45) is 6.05. The number of amides is 2. The number of ether oxygens (including phenoxy) is 1. The van der Waals surface area contributed by atoms with E-state index in [2.05, 4.69) is 27.5 Å². The number of carbonyl (C=O) groups excluding carboxylic acids is 1. The fourth-order valence-electron chi connectivity index (χ4n) is 3.57. The van der Waals surface area contributed by atoms with Crippen molar-refractivity contribution in [2.24, 2.45) is 0 Å². The van der Waals surface area contributed by atoms with Gasteiger partial charge in [0.25, 0.3) is 0 Å². The number of benzene rings is 1. The van der Waals surface area contributed by atoms with Crippen molar-refractivity contribution in [1.82, 2.24) is 19.7 Å². The average molecular weight is 391 g/mol. The molecule has 7 nitrogen and oxygen atoms in total. The Morgan fingerprint density at radius 2 is 2.07 bits per heavy atom. The molecule has 4 rings (SSSR count). The van der Waals surface area contributed by atoms with E-state index in [1.54, 1.807) is 23.1 Å². The van der Waals surface area contributed by atoms with Crippen LogP contribution in [0.3, 0.4) is 0 Å². The van der Waals surface area contributed by atoms with E-state index in [0.29, 0.717) is 19.6 Å². The molecule has 1 aromatic carbocycles. The maximum Gasteiger partial charge on any atom is 0.321 e. The molecule has 0 spiro atoms. The molecule has 2 unspecified atom stereocenters. The van der Waals surface area contributed by atoms with Crippen LogP contribution in [0.2, 0.25) is 0 Å². The lowest BCUT2D eigenvalue weighted by atomic mass is 10.1. The molecule has 0 radical (unpaired) electrons. The van der Waals surface area contributed by atoms with E-state index in [9.17, 15) is 4.79 Å². The van der Waals surface area contributed by atoms with Crippen molar-refractivity contribution in [2.75, 3.05) is 18.4 Å². The molecule has 3 aromatic rings. The first-order valence-corrected chi connectivity index (χ1v) is 9.86. The van der Waals surface area contributed by atoms with Crippen molar-refractivity contribution in [3.8, 4) is 0 Å². The molecule has 0 saturated carbocycles. The first kappa shape index (κ1) is 19.1. The molecule has 0 bridgehead atoms. The van der Waals surface area contributed by atoms with Gasteiger partial charge < -0.3 is 15.0 Å². The molecule has 29 heavy (non-hydrogen) atoms. The van der Waals surface area contributed by atoms with E-state index in [1.807, 2.05) is 48.4 Å². The Kier molecular flexibility index (Phi) is 5.86. The van der Waals surface area contributed by atoms with Gasteiger partial charge in [-0.25, -0.2) is 4.79 Å². The molecule has 1 aliphatic rings. The number of anilines is 1. The van der Waals surface area contributed by atoms with Crippen molar-refractivity contribution in [1.29, 1.82) is 0 Å². The quantitative estimate of drug-likeness (QED) is 0.736. The summed E-state index contributed by atoms with van der Waals surface area (Å²) in [5.41, 5.74) is 2.71. The van der Waals surface area contributed by atoms with Gasteiger partial charge in [-0.1, -0.05) is 30.3 Å². The first-order valence-electron chi connectivity index (χ1n) is 9.86. The van der Waals surface area contributed by atoms with E-state index >= 15 is 0 Å². The van der Waals surface area contributed by atoms with Gasteiger partial charge in [-0.3, -0.25) is 9.67 Å². The summed E-state index contributed by atoms with van der Waals surface area (Å²) in [7, 11) is 0. The molecular formula is C22H25N5O2. The molecule has 0 aliphatic carbocycles. The predicted octanol–water partition coefficient (Wildman–Crippen LogP) is 3.71. The normalized spacial score (nSPS) is 19.6. The van der Waals surface area contributed by atoms with Gasteiger partial charge in [0.2, 0.25) is 0 Å². The second-order valence-corrected chi connectivity index (χ2v) is 7.25. The molecule has 2 aromatic heterocycles. The van der Waals surface area contributed by atoms with E-state index in [1.165, 1.54) is 0 Å². The zero-order valence-corrected chi connectivity index (χ0v) is 16.4. The van der Waals surface area contributed by atoms with Crippen molar-refractivity contribution in [3.05, 3.63) is 78.4 Å². The maximum atomic E-state index is 12.9. The zero-order chi connectivity index (χ0) is 20.1. The fraction of sp³-hybridized carbons (Fsp3) is 0.318. The highest BCUT2D eigenvalue weighted by Gasteiger charge is 2.26. The highest BCUT2D eigenvalue weighted by atomic mass is 16.5. The fourth-order valence-corrected chi connectivity index (χ4v) is 3.57. The first-order chi connectivity index (χ1) is 14.2. The standard InChI is InChI=1S/C22H25N5O2/c1-17-15-26(13-9-21(29-17)18-6-3-2-4-7-18)22(28)25-19-8-11-23-20(14-19)16-27-12-5-10-24-27/h2-8,10-12,14,17,21H,9,13,15-16H2,1H3,(H,23,25,28). The summed E-state index contributed by atoms with van der Waals surface area (Å²) in [4.78, 5) is 19.0. The topological polar surface area (TPSA) is 72.3 Å². The zero-order valence-electron chi connectivity index (χ0n) is 16.4. The van der Waals surface area contributed by atoms with Gasteiger partial charge >= 0.3 is 6.03 Å². The lowest BCUT2D eigenvalue weighted by Gasteiger charge is -2.22. The monoisotopic (exact) mass is 391 g/mol. The Balaban J connectivity index is 1.39. The van der Waals surface area contributed by atoms with Gasteiger partial charge in [0.15, 0.2) is 0 Å². The lowest BCUT2D eigenvalue weighted by Crippen LogP contribution is -2.38. The summed E-state index contributed by atoms with van der Waals surface area (Å²) in [6.45, 7) is 3.77. The largest absolute Gasteiger partial charge is 0.369 e. The molecule has 1 aliphatic heterocycles. The van der Waals surface area contributed by atoms with Crippen molar-refractivity contribution in [3.63, 3.8) is 0 Å². The minimum Gasteiger partial charge on any atom is -0.369 e. The smallest absolute Gasteiger partial charge is 0.321 e. The van der Waals surface area contributed by atoms with Crippen LogP contribution >= 0.6 is 0 Å². The number of aromatic nitrogens is 3. The number of nitrogens with one attached hydrogen (secondary N) is 1. The van der Waals surface area contributed by atoms with E-state index in [0.717, 1.165) is 23.4 Å². The number of urea groups is 1. The summed E-state index contributed by atoms with van der Waals surface area (Å²) in [6, 6.07) is 15.6. The molecule has 3 heterocycles. The van der Waals surface area contributed by atoms with Gasteiger partial charge in [-0.05, 0) is 37.1 Å². The Hall–Kier alpha value is -3.19. The van der Waals surface area contributed by atoms with Crippen LogP contribution in [0.1, 0.15) is 30.7 Å². The van der Waals surface area contributed by atoms with Crippen LogP contribution in [0.5, 0.6) is 0 Å². The number of hydrogen-bond donors (Lipinski definition) is 1. The van der Waals surface area contributed by atoms with Crippen LogP contribution in [0.15, 0.2) is 67.1 Å². The minimum absolute atomic E-state index is 0.00518. The molecule has 150 valence electrons. The van der Waals surface area contributed by atoms with Crippen LogP contribution in [-0.4, -0.2) is 44.9 Å². The van der Waals surface area contributed by atoms with Gasteiger partial charge in [0, 0.05) is 37.4 Å². The Morgan fingerprint density at radius 1 is 1.21 bits per heavy atom.